The molecule has 2 rings (SSSR count). The number of aliphatic carboxylic acids is 2. The molecule has 0 saturated heterocycles. The minimum atomic E-state index is -1.28. The van der Waals surface area contributed by atoms with Gasteiger partial charge in [-0.2, -0.15) is 0 Å². The molecule has 2 aliphatic rings. The third-order valence-corrected chi connectivity index (χ3v) is 3.34. The summed E-state index contributed by atoms with van der Waals surface area (Å²) in [6.45, 7) is 1.93. The monoisotopic (exact) mass is 231 g/mol. The van der Waals surface area contributed by atoms with Crippen molar-refractivity contribution in [1.29, 1.82) is 0 Å². The van der Waals surface area contributed by atoms with E-state index in [0.717, 1.165) is 0 Å². The van der Waals surface area contributed by atoms with Crippen molar-refractivity contribution in [2.75, 3.05) is 6.61 Å². The fourth-order valence-corrected chi connectivity index (χ4v) is 2.59. The molecule has 0 radical (unpaired) electrons. The molecule has 0 aromatic carbocycles. The molecule has 4 unspecified atom stereocenters. The number of carboxylic acid groups (broad SMARTS) is 2. The van der Waals surface area contributed by atoms with Gasteiger partial charge in [-0.3, -0.25) is 9.59 Å². The SMILES string of the molecule is CCO.NC1(C(=O)O)CCC2C(C(=O)O)C21. The highest BCUT2D eigenvalue weighted by Crippen LogP contribution is 2.61. The van der Waals surface area contributed by atoms with E-state index in [9.17, 15) is 9.59 Å². The summed E-state index contributed by atoms with van der Waals surface area (Å²) in [7, 11) is 0. The highest BCUT2D eigenvalue weighted by atomic mass is 16.4. The van der Waals surface area contributed by atoms with Crippen LogP contribution in [0.3, 0.4) is 0 Å². The molecule has 4 atom stereocenters. The van der Waals surface area contributed by atoms with Crippen LogP contribution in [0.4, 0.5) is 0 Å². The first kappa shape index (κ1) is 12.9. The Labute approximate surface area is 93.1 Å². The molecule has 0 aromatic rings. The fraction of sp³-hybridized carbons (Fsp3) is 0.800. The zero-order chi connectivity index (χ0) is 12.5. The largest absolute Gasteiger partial charge is 0.481 e. The normalized spacial score (nSPS) is 39.3. The van der Waals surface area contributed by atoms with E-state index in [2.05, 4.69) is 0 Å². The summed E-state index contributed by atoms with van der Waals surface area (Å²) in [5.74, 6) is -2.84. The zero-order valence-electron chi connectivity index (χ0n) is 9.09. The second kappa shape index (κ2) is 4.39. The van der Waals surface area contributed by atoms with Crippen LogP contribution in [0.2, 0.25) is 0 Å². The Morgan fingerprint density at radius 3 is 2.25 bits per heavy atom. The number of carboxylic acids is 2. The van der Waals surface area contributed by atoms with Crippen molar-refractivity contribution in [2.24, 2.45) is 23.5 Å². The van der Waals surface area contributed by atoms with Crippen molar-refractivity contribution < 1.29 is 24.9 Å². The molecule has 2 saturated carbocycles. The van der Waals surface area contributed by atoms with Gasteiger partial charge in [0.05, 0.1) is 5.92 Å². The second-order valence-corrected chi connectivity index (χ2v) is 4.25. The van der Waals surface area contributed by atoms with Gasteiger partial charge in [-0.05, 0) is 25.7 Å². The Bertz CT molecular complexity index is 306. The van der Waals surface area contributed by atoms with Crippen LogP contribution in [-0.2, 0) is 9.59 Å². The van der Waals surface area contributed by atoms with Gasteiger partial charge in [0.2, 0.25) is 0 Å². The Hall–Kier alpha value is -1.14. The van der Waals surface area contributed by atoms with Crippen molar-refractivity contribution in [2.45, 2.75) is 25.3 Å². The lowest BCUT2D eigenvalue weighted by atomic mass is 9.92. The molecule has 5 N–H and O–H groups in total. The van der Waals surface area contributed by atoms with Crippen LogP contribution >= 0.6 is 0 Å². The lowest BCUT2D eigenvalue weighted by Gasteiger charge is -2.20. The minimum Gasteiger partial charge on any atom is -0.481 e. The number of aliphatic hydroxyl groups excluding tert-OH is 1. The topological polar surface area (TPSA) is 121 Å². The predicted octanol–water partition coefficient (Wildman–Crippen LogP) is -0.492. The highest BCUT2D eigenvalue weighted by Gasteiger charge is 2.69. The van der Waals surface area contributed by atoms with Gasteiger partial charge >= 0.3 is 11.9 Å². The van der Waals surface area contributed by atoms with Crippen LogP contribution in [0.5, 0.6) is 0 Å². The van der Waals surface area contributed by atoms with Crippen molar-refractivity contribution in [3.8, 4) is 0 Å². The van der Waals surface area contributed by atoms with E-state index in [0.29, 0.717) is 12.8 Å². The molecule has 0 spiro atoms. The maximum atomic E-state index is 10.8. The predicted molar refractivity (Wildman–Crippen MR) is 54.7 cm³/mol. The van der Waals surface area contributed by atoms with Crippen LogP contribution in [0, 0.1) is 17.8 Å². The Morgan fingerprint density at radius 1 is 1.44 bits per heavy atom. The molecule has 0 bridgehead atoms. The number of hydrogen-bond donors (Lipinski definition) is 4. The number of carbonyl (C=O) groups is 2. The molecular formula is C10H17NO5. The summed E-state index contributed by atoms with van der Waals surface area (Å²) >= 11 is 0. The summed E-state index contributed by atoms with van der Waals surface area (Å²) in [5.41, 5.74) is 4.37. The molecule has 6 nitrogen and oxygen atoms in total. The summed E-state index contributed by atoms with van der Waals surface area (Å²) in [6, 6.07) is 0. The molecular weight excluding hydrogens is 214 g/mol. The molecule has 0 aliphatic heterocycles. The van der Waals surface area contributed by atoms with E-state index in [4.69, 9.17) is 21.1 Å². The lowest BCUT2D eigenvalue weighted by Crippen LogP contribution is -2.49. The van der Waals surface area contributed by atoms with Crippen LogP contribution in [0.15, 0.2) is 0 Å². The molecule has 16 heavy (non-hydrogen) atoms. The van der Waals surface area contributed by atoms with Gasteiger partial charge in [-0.25, -0.2) is 0 Å². The third-order valence-electron chi connectivity index (χ3n) is 3.34. The summed E-state index contributed by atoms with van der Waals surface area (Å²) in [5, 5.41) is 25.1. The van der Waals surface area contributed by atoms with Gasteiger partial charge in [0.25, 0.3) is 0 Å². The van der Waals surface area contributed by atoms with E-state index in [-0.39, 0.29) is 18.4 Å². The fourth-order valence-electron chi connectivity index (χ4n) is 2.59. The van der Waals surface area contributed by atoms with Crippen LogP contribution in [-0.4, -0.2) is 39.4 Å². The van der Waals surface area contributed by atoms with Crippen LogP contribution < -0.4 is 5.73 Å². The highest BCUT2D eigenvalue weighted by molar-refractivity contribution is 5.85. The average molecular weight is 231 g/mol. The minimum absolute atomic E-state index is 0.00130. The molecule has 0 aromatic heterocycles. The number of aliphatic hydroxyl groups is 1. The molecule has 92 valence electrons. The van der Waals surface area contributed by atoms with Crippen LogP contribution in [0.25, 0.3) is 0 Å². The molecule has 0 amide bonds. The smallest absolute Gasteiger partial charge is 0.324 e. The first-order valence-corrected chi connectivity index (χ1v) is 5.26. The molecule has 2 aliphatic carbocycles. The standard InChI is InChI=1S/C8H11NO4.C2H6O/c9-8(7(12)13)2-1-3-4(5(3)8)6(10)11;1-2-3/h3-5H,1-2,9H2,(H,10,11)(H,12,13);3H,2H2,1H3. The second-order valence-electron chi connectivity index (χ2n) is 4.25. The van der Waals surface area contributed by atoms with Gasteiger partial charge in [-0.1, -0.05) is 0 Å². The van der Waals surface area contributed by atoms with Crippen molar-refractivity contribution in [3.05, 3.63) is 0 Å². The van der Waals surface area contributed by atoms with Crippen LogP contribution in [0.1, 0.15) is 19.8 Å². The quantitative estimate of drug-likeness (QED) is 0.508. The first-order valence-electron chi connectivity index (χ1n) is 5.26. The van der Waals surface area contributed by atoms with Gasteiger partial charge in [0.1, 0.15) is 5.54 Å². The Morgan fingerprint density at radius 2 is 1.94 bits per heavy atom. The lowest BCUT2D eigenvalue weighted by molar-refractivity contribution is -0.145. The van der Waals surface area contributed by atoms with E-state index in [1.165, 1.54) is 0 Å². The van der Waals surface area contributed by atoms with Gasteiger partial charge in [0, 0.05) is 12.5 Å². The molecule has 6 heteroatoms. The van der Waals surface area contributed by atoms with E-state index >= 15 is 0 Å². The van der Waals surface area contributed by atoms with Crippen molar-refractivity contribution in [1.82, 2.24) is 0 Å². The van der Waals surface area contributed by atoms with E-state index in [1.807, 2.05) is 0 Å². The molecule has 0 heterocycles. The number of nitrogens with two attached hydrogens (primary N) is 1. The van der Waals surface area contributed by atoms with E-state index in [1.54, 1.807) is 6.92 Å². The Balaban J connectivity index is 0.000000386. The summed E-state index contributed by atoms with van der Waals surface area (Å²) in [4.78, 5) is 21.4. The number of hydrogen-bond acceptors (Lipinski definition) is 4. The number of fused-ring (bicyclic) bond motifs is 1. The Kier molecular flexibility index (Phi) is 3.54. The third kappa shape index (κ3) is 1.90. The maximum absolute atomic E-state index is 10.8. The first-order chi connectivity index (χ1) is 7.40. The van der Waals surface area contributed by atoms with Crippen molar-refractivity contribution >= 4 is 11.9 Å². The van der Waals surface area contributed by atoms with Gasteiger partial charge < -0.3 is 21.1 Å². The number of rotatable bonds is 2. The average Bonchev–Trinajstić information content (AvgIpc) is 2.81. The van der Waals surface area contributed by atoms with Gasteiger partial charge in [-0.15, -0.1) is 0 Å². The van der Waals surface area contributed by atoms with E-state index < -0.39 is 23.4 Å². The summed E-state index contributed by atoms with van der Waals surface area (Å²) < 4.78 is 0. The van der Waals surface area contributed by atoms with Gasteiger partial charge in [0.15, 0.2) is 0 Å². The summed E-state index contributed by atoms with van der Waals surface area (Å²) in [6.07, 6.45) is 1.03. The maximum Gasteiger partial charge on any atom is 0.324 e. The zero-order valence-corrected chi connectivity index (χ0v) is 9.09. The van der Waals surface area contributed by atoms with Crippen molar-refractivity contribution in [3.63, 3.8) is 0 Å². The molecule has 2 fully saturated rings.